The van der Waals surface area contributed by atoms with Crippen molar-refractivity contribution in [2.24, 2.45) is 5.73 Å². The highest BCUT2D eigenvalue weighted by molar-refractivity contribution is 5.93. The predicted molar refractivity (Wildman–Crippen MR) is 64.5 cm³/mol. The summed E-state index contributed by atoms with van der Waals surface area (Å²) in [5, 5.41) is 2.72. The normalized spacial score (nSPS) is 26.2. The predicted octanol–water partition coefficient (Wildman–Crippen LogP) is 0.536. The summed E-state index contributed by atoms with van der Waals surface area (Å²) in [5.41, 5.74) is 2.18. The van der Waals surface area contributed by atoms with Crippen molar-refractivity contribution in [2.45, 2.75) is 56.4 Å². The molecule has 2 amide bonds. The lowest BCUT2D eigenvalue weighted by Crippen LogP contribution is -2.64. The molecule has 2 fully saturated rings. The molecule has 2 unspecified atom stereocenters. The van der Waals surface area contributed by atoms with Crippen LogP contribution in [0.15, 0.2) is 0 Å². The van der Waals surface area contributed by atoms with Gasteiger partial charge in [0, 0.05) is 12.6 Å². The van der Waals surface area contributed by atoms with Gasteiger partial charge in [-0.05, 0) is 32.6 Å². The van der Waals surface area contributed by atoms with Gasteiger partial charge in [-0.25, -0.2) is 0 Å². The van der Waals surface area contributed by atoms with Crippen LogP contribution in [-0.2, 0) is 9.59 Å². The van der Waals surface area contributed by atoms with Crippen LogP contribution in [0.2, 0.25) is 0 Å². The highest BCUT2D eigenvalue weighted by Gasteiger charge is 2.57. The second-order valence-electron chi connectivity index (χ2n) is 5.64. The number of alkyl halides is 3. The van der Waals surface area contributed by atoms with Gasteiger partial charge in [-0.1, -0.05) is 0 Å². The summed E-state index contributed by atoms with van der Waals surface area (Å²) in [5.74, 6) is -1.62. The largest absolute Gasteiger partial charge is 0.415 e. The fraction of sp³-hybridized carbons (Fsp3) is 0.833. The van der Waals surface area contributed by atoms with Crippen molar-refractivity contribution < 1.29 is 22.8 Å². The van der Waals surface area contributed by atoms with E-state index in [0.29, 0.717) is 19.8 Å². The summed E-state index contributed by atoms with van der Waals surface area (Å²) < 4.78 is 38.4. The average molecular weight is 293 g/mol. The number of hydrogen-bond acceptors (Lipinski definition) is 3. The smallest absolute Gasteiger partial charge is 0.352 e. The van der Waals surface area contributed by atoms with Gasteiger partial charge in [0.15, 0.2) is 5.54 Å². The summed E-state index contributed by atoms with van der Waals surface area (Å²) >= 11 is 0. The summed E-state index contributed by atoms with van der Waals surface area (Å²) in [6, 6.07) is -0.736. The fourth-order valence-electron chi connectivity index (χ4n) is 2.23. The Balaban J connectivity index is 2.09. The molecular weight excluding hydrogens is 275 g/mol. The number of carbonyl (C=O) groups excluding carboxylic acids is 2. The molecule has 1 aliphatic carbocycles. The van der Waals surface area contributed by atoms with E-state index in [4.69, 9.17) is 5.73 Å². The fourth-order valence-corrected chi connectivity index (χ4v) is 2.23. The minimum absolute atomic E-state index is 0.104. The number of rotatable bonds is 3. The third-order valence-corrected chi connectivity index (χ3v) is 3.77. The maximum absolute atomic E-state index is 12.8. The highest BCUT2D eigenvalue weighted by Crippen LogP contribution is 2.32. The molecule has 8 heteroatoms. The van der Waals surface area contributed by atoms with Crippen molar-refractivity contribution in [1.82, 2.24) is 10.2 Å². The van der Waals surface area contributed by atoms with Crippen molar-refractivity contribution in [3.05, 3.63) is 0 Å². The molecule has 2 rings (SSSR count). The summed E-state index contributed by atoms with van der Waals surface area (Å²) in [6.07, 6.45) is -2.21. The Kier molecular flexibility index (Phi) is 3.70. The Morgan fingerprint density at radius 1 is 1.25 bits per heavy atom. The van der Waals surface area contributed by atoms with E-state index in [-0.39, 0.29) is 18.5 Å². The quantitative estimate of drug-likeness (QED) is 0.797. The van der Waals surface area contributed by atoms with Crippen molar-refractivity contribution in [1.29, 1.82) is 0 Å². The van der Waals surface area contributed by atoms with E-state index >= 15 is 0 Å². The van der Waals surface area contributed by atoms with Gasteiger partial charge in [0.25, 0.3) is 5.91 Å². The van der Waals surface area contributed by atoms with Gasteiger partial charge < -0.3 is 16.0 Å². The van der Waals surface area contributed by atoms with Crippen molar-refractivity contribution in [3.63, 3.8) is 0 Å². The van der Waals surface area contributed by atoms with Crippen LogP contribution in [0.5, 0.6) is 0 Å². The zero-order valence-corrected chi connectivity index (χ0v) is 11.2. The van der Waals surface area contributed by atoms with Gasteiger partial charge in [0.05, 0.1) is 0 Å². The Bertz CT molecular complexity index is 419. The molecule has 1 aliphatic heterocycles. The molecular formula is C12H18F3N3O2. The molecule has 2 atom stereocenters. The first kappa shape index (κ1) is 15.1. The number of carbonyl (C=O) groups is 2. The van der Waals surface area contributed by atoms with E-state index in [1.54, 1.807) is 0 Å². The number of halogens is 3. The third-order valence-electron chi connectivity index (χ3n) is 3.77. The van der Waals surface area contributed by atoms with E-state index < -0.39 is 23.7 Å². The number of hydrogen-bond donors (Lipinski definition) is 2. The first-order chi connectivity index (χ1) is 9.14. The van der Waals surface area contributed by atoms with Crippen molar-refractivity contribution in [3.8, 4) is 0 Å². The number of nitrogens with one attached hydrogen (secondary N) is 1. The van der Waals surface area contributed by atoms with Gasteiger partial charge in [0.2, 0.25) is 5.91 Å². The van der Waals surface area contributed by atoms with Crippen LogP contribution >= 0.6 is 0 Å². The Morgan fingerprint density at radius 3 is 2.35 bits per heavy atom. The van der Waals surface area contributed by atoms with Gasteiger partial charge in [0.1, 0.15) is 6.04 Å². The lowest BCUT2D eigenvalue weighted by atomic mass is 10.0. The van der Waals surface area contributed by atoms with Crippen LogP contribution in [0.1, 0.15) is 32.6 Å². The Hall–Kier alpha value is -1.31. The molecule has 0 bridgehead atoms. The molecule has 0 radical (unpaired) electrons. The molecule has 20 heavy (non-hydrogen) atoms. The van der Waals surface area contributed by atoms with Crippen LogP contribution in [0.3, 0.4) is 0 Å². The molecule has 5 nitrogen and oxygen atoms in total. The highest BCUT2D eigenvalue weighted by atomic mass is 19.4. The van der Waals surface area contributed by atoms with E-state index in [2.05, 4.69) is 5.32 Å². The van der Waals surface area contributed by atoms with Gasteiger partial charge in [-0.3, -0.25) is 9.59 Å². The molecule has 2 aliphatic rings. The van der Waals surface area contributed by atoms with Gasteiger partial charge >= 0.3 is 6.18 Å². The first-order valence-electron chi connectivity index (χ1n) is 6.61. The molecule has 1 saturated heterocycles. The van der Waals surface area contributed by atoms with Crippen LogP contribution in [0, 0.1) is 0 Å². The summed E-state index contributed by atoms with van der Waals surface area (Å²) in [7, 11) is 0. The molecule has 1 heterocycles. The lowest BCUT2D eigenvalue weighted by molar-refractivity contribution is -0.194. The maximum Gasteiger partial charge on any atom is 0.415 e. The van der Waals surface area contributed by atoms with E-state index in [0.717, 1.165) is 17.7 Å². The monoisotopic (exact) mass is 293 g/mol. The topological polar surface area (TPSA) is 75.4 Å². The molecule has 0 aromatic carbocycles. The lowest BCUT2D eigenvalue weighted by Gasteiger charge is -2.33. The SMILES string of the molecule is CC(N)(C(=O)N1CCCC1C(=O)NC1CC1)C(F)(F)F. The third kappa shape index (κ3) is 2.74. The van der Waals surface area contributed by atoms with Crippen LogP contribution < -0.4 is 11.1 Å². The second kappa shape index (κ2) is 4.91. The van der Waals surface area contributed by atoms with E-state index in [1.807, 2.05) is 0 Å². The first-order valence-corrected chi connectivity index (χ1v) is 6.61. The number of nitrogens with two attached hydrogens (primary N) is 1. The number of amides is 2. The molecule has 0 spiro atoms. The van der Waals surface area contributed by atoms with Gasteiger partial charge in [-0.15, -0.1) is 0 Å². The minimum Gasteiger partial charge on any atom is -0.352 e. The van der Waals surface area contributed by atoms with Crippen LogP contribution in [0.25, 0.3) is 0 Å². The van der Waals surface area contributed by atoms with Crippen LogP contribution in [0.4, 0.5) is 13.2 Å². The molecule has 1 saturated carbocycles. The standard InChI is InChI=1S/C12H18F3N3O2/c1-11(16,12(13,14)15)10(20)18-6-2-3-8(18)9(19)17-7-4-5-7/h7-8H,2-6,16H2,1H3,(H,17,19). The van der Waals surface area contributed by atoms with Crippen molar-refractivity contribution >= 4 is 11.8 Å². The summed E-state index contributed by atoms with van der Waals surface area (Å²) in [4.78, 5) is 25.0. The molecule has 0 aromatic rings. The zero-order chi connectivity index (χ0) is 15.1. The molecule has 114 valence electrons. The maximum atomic E-state index is 12.8. The van der Waals surface area contributed by atoms with Crippen LogP contribution in [-0.4, -0.2) is 47.1 Å². The Labute approximate surface area is 114 Å². The van der Waals surface area contributed by atoms with Gasteiger partial charge in [-0.2, -0.15) is 13.2 Å². The average Bonchev–Trinajstić information content (AvgIpc) is 3.00. The van der Waals surface area contributed by atoms with Crippen molar-refractivity contribution in [2.75, 3.05) is 6.54 Å². The number of nitrogens with zero attached hydrogens (tertiary/aromatic N) is 1. The minimum atomic E-state index is -4.84. The molecule has 0 aromatic heterocycles. The Morgan fingerprint density at radius 2 is 1.85 bits per heavy atom. The van der Waals surface area contributed by atoms with E-state index in [9.17, 15) is 22.8 Å². The number of likely N-dealkylation sites (tertiary alicyclic amines) is 1. The molecule has 3 N–H and O–H groups in total. The van der Waals surface area contributed by atoms with E-state index in [1.165, 1.54) is 0 Å². The summed E-state index contributed by atoms with van der Waals surface area (Å²) in [6.45, 7) is 0.772. The zero-order valence-electron chi connectivity index (χ0n) is 11.2. The second-order valence-corrected chi connectivity index (χ2v) is 5.64.